The Hall–Kier alpha value is -1.18. The summed E-state index contributed by atoms with van der Waals surface area (Å²) < 4.78 is 0. The van der Waals surface area contributed by atoms with Crippen molar-refractivity contribution in [1.82, 2.24) is 0 Å². The molecule has 1 saturated carbocycles. The molecule has 2 nitrogen and oxygen atoms in total. The van der Waals surface area contributed by atoms with Crippen LogP contribution in [0.25, 0.3) is 0 Å². The van der Waals surface area contributed by atoms with E-state index in [0.29, 0.717) is 0 Å². The number of allylic oxidation sites excluding steroid dienone is 4. The molecule has 0 aliphatic heterocycles. The first-order valence-corrected chi connectivity index (χ1v) is 6.23. The number of hydrogen-bond acceptors (Lipinski definition) is 2. The average molecular weight is 232 g/mol. The molecule has 0 heterocycles. The second-order valence-corrected chi connectivity index (χ2v) is 6.30. The van der Waals surface area contributed by atoms with Gasteiger partial charge in [-0.1, -0.05) is 26.8 Å². The first kappa shape index (κ1) is 12.3. The molecule has 0 spiro atoms. The summed E-state index contributed by atoms with van der Waals surface area (Å²) in [6.07, 6.45) is 5.91. The van der Waals surface area contributed by atoms with Gasteiger partial charge >= 0.3 is 0 Å². The van der Waals surface area contributed by atoms with Gasteiger partial charge in [-0.3, -0.25) is 4.79 Å². The van der Waals surface area contributed by atoms with E-state index in [4.69, 9.17) is 0 Å². The number of aldehydes is 2. The largest absolute Gasteiger partial charge is 0.302 e. The van der Waals surface area contributed by atoms with Gasteiger partial charge in [0.05, 0.1) is 0 Å². The highest BCUT2D eigenvalue weighted by Crippen LogP contribution is 2.58. The Labute approximate surface area is 103 Å². The third-order valence-electron chi connectivity index (χ3n) is 4.26. The van der Waals surface area contributed by atoms with Crippen molar-refractivity contribution in [3.63, 3.8) is 0 Å². The maximum absolute atomic E-state index is 11.5. The Morgan fingerprint density at radius 1 is 1.29 bits per heavy atom. The van der Waals surface area contributed by atoms with E-state index in [0.717, 1.165) is 36.6 Å². The Morgan fingerprint density at radius 3 is 2.47 bits per heavy atom. The first-order valence-electron chi connectivity index (χ1n) is 6.23. The van der Waals surface area contributed by atoms with Gasteiger partial charge in [0.1, 0.15) is 12.6 Å². The summed E-state index contributed by atoms with van der Waals surface area (Å²) in [5.41, 5.74) is 2.57. The highest BCUT2D eigenvalue weighted by Gasteiger charge is 2.50. The molecule has 0 amide bonds. The average Bonchev–Trinajstić information content (AvgIpc) is 2.47. The molecule has 2 heteroatoms. The highest BCUT2D eigenvalue weighted by atomic mass is 16.1. The number of carbonyl (C=O) groups is 2. The second kappa shape index (κ2) is 3.66. The fourth-order valence-electron chi connectivity index (χ4n) is 3.55. The van der Waals surface area contributed by atoms with Crippen molar-refractivity contribution in [2.24, 2.45) is 16.7 Å². The minimum Gasteiger partial charge on any atom is -0.302 e. The van der Waals surface area contributed by atoms with Crippen molar-refractivity contribution in [2.45, 2.75) is 40.5 Å². The zero-order valence-electron chi connectivity index (χ0n) is 11.0. The molecule has 0 unspecified atom stereocenters. The van der Waals surface area contributed by atoms with E-state index in [-0.39, 0.29) is 11.3 Å². The van der Waals surface area contributed by atoms with Crippen molar-refractivity contribution in [1.29, 1.82) is 0 Å². The number of fused-ring (bicyclic) bond motifs is 1. The predicted molar refractivity (Wildman–Crippen MR) is 67.5 cm³/mol. The van der Waals surface area contributed by atoms with Crippen LogP contribution in [-0.4, -0.2) is 12.6 Å². The summed E-state index contributed by atoms with van der Waals surface area (Å²) in [6, 6.07) is 0. The van der Waals surface area contributed by atoms with Crippen LogP contribution in [0.5, 0.6) is 0 Å². The van der Waals surface area contributed by atoms with Crippen molar-refractivity contribution in [3.8, 4) is 0 Å². The fraction of sp³-hybridized carbons (Fsp3) is 0.600. The van der Waals surface area contributed by atoms with Crippen LogP contribution in [0.4, 0.5) is 0 Å². The van der Waals surface area contributed by atoms with Crippen molar-refractivity contribution < 1.29 is 9.59 Å². The van der Waals surface area contributed by atoms with E-state index in [9.17, 15) is 9.59 Å². The lowest BCUT2D eigenvalue weighted by Gasteiger charge is -2.27. The molecule has 0 bridgehead atoms. The molecule has 0 aromatic carbocycles. The second-order valence-electron chi connectivity index (χ2n) is 6.30. The summed E-state index contributed by atoms with van der Waals surface area (Å²) in [7, 11) is 0. The van der Waals surface area contributed by atoms with Crippen LogP contribution in [0.3, 0.4) is 0 Å². The summed E-state index contributed by atoms with van der Waals surface area (Å²) in [5, 5.41) is 0. The molecular weight excluding hydrogens is 212 g/mol. The smallest absolute Gasteiger partial charge is 0.146 e. The fourth-order valence-corrected chi connectivity index (χ4v) is 3.55. The van der Waals surface area contributed by atoms with Crippen molar-refractivity contribution >= 4 is 12.6 Å². The molecule has 0 saturated heterocycles. The zero-order valence-corrected chi connectivity index (χ0v) is 11.0. The van der Waals surface area contributed by atoms with Crippen LogP contribution < -0.4 is 0 Å². The Kier molecular flexibility index (Phi) is 2.64. The lowest BCUT2D eigenvalue weighted by molar-refractivity contribution is -0.114. The molecule has 17 heavy (non-hydrogen) atoms. The molecule has 0 radical (unpaired) electrons. The van der Waals surface area contributed by atoms with E-state index in [1.807, 2.05) is 6.92 Å². The van der Waals surface area contributed by atoms with E-state index in [2.05, 4.69) is 26.8 Å². The van der Waals surface area contributed by atoms with Gasteiger partial charge in [0.15, 0.2) is 0 Å². The highest BCUT2D eigenvalue weighted by molar-refractivity contribution is 5.84. The SMILES string of the molecule is C[C@@H]1CC=C2C(=C1C=O)[C@@](C)(C=O)CC2(C)C. The molecule has 0 aromatic heterocycles. The van der Waals surface area contributed by atoms with Gasteiger partial charge in [0.2, 0.25) is 0 Å². The van der Waals surface area contributed by atoms with Crippen LogP contribution in [-0.2, 0) is 9.59 Å². The van der Waals surface area contributed by atoms with E-state index >= 15 is 0 Å². The quantitative estimate of drug-likeness (QED) is 0.686. The van der Waals surface area contributed by atoms with Gasteiger partial charge in [0, 0.05) is 5.41 Å². The summed E-state index contributed by atoms with van der Waals surface area (Å²) >= 11 is 0. The molecule has 0 aromatic rings. The molecule has 92 valence electrons. The molecule has 2 atom stereocenters. The molecular formula is C15H20O2. The maximum Gasteiger partial charge on any atom is 0.146 e. The van der Waals surface area contributed by atoms with Crippen molar-refractivity contribution in [3.05, 3.63) is 22.8 Å². The zero-order chi connectivity index (χ0) is 12.8. The Balaban J connectivity index is 2.69. The van der Waals surface area contributed by atoms with Gasteiger partial charge < -0.3 is 4.79 Å². The number of rotatable bonds is 2. The number of carbonyl (C=O) groups excluding carboxylic acids is 2. The van der Waals surface area contributed by atoms with Crippen LogP contribution in [0.15, 0.2) is 22.8 Å². The monoisotopic (exact) mass is 232 g/mol. The molecule has 2 rings (SSSR count). The van der Waals surface area contributed by atoms with Crippen LogP contribution in [0.1, 0.15) is 40.5 Å². The van der Waals surface area contributed by atoms with Crippen LogP contribution in [0, 0.1) is 16.7 Å². The molecule has 2 aliphatic carbocycles. The third-order valence-corrected chi connectivity index (χ3v) is 4.26. The van der Waals surface area contributed by atoms with E-state index in [1.165, 1.54) is 5.57 Å². The minimum atomic E-state index is -0.486. The molecule has 2 aliphatic rings. The first-order chi connectivity index (χ1) is 7.85. The van der Waals surface area contributed by atoms with E-state index < -0.39 is 5.41 Å². The molecule has 1 fully saturated rings. The standard InChI is InChI=1S/C15H20O2/c1-10-5-6-12-13(11(10)7-16)15(4,9-17)8-14(12,2)3/h6-7,9-10H,5,8H2,1-4H3/t10-,15-/m1/s1. The van der Waals surface area contributed by atoms with Gasteiger partial charge in [-0.2, -0.15) is 0 Å². The normalized spacial score (nSPS) is 35.3. The topological polar surface area (TPSA) is 34.1 Å². The Bertz CT molecular complexity index is 440. The minimum absolute atomic E-state index is 0.000602. The third kappa shape index (κ3) is 1.62. The lowest BCUT2D eigenvalue weighted by atomic mass is 9.76. The van der Waals surface area contributed by atoms with Gasteiger partial charge in [-0.05, 0) is 47.8 Å². The van der Waals surface area contributed by atoms with Gasteiger partial charge in [0.25, 0.3) is 0 Å². The predicted octanol–water partition coefficient (Wildman–Crippen LogP) is 3.08. The van der Waals surface area contributed by atoms with Crippen LogP contribution >= 0.6 is 0 Å². The number of hydrogen-bond donors (Lipinski definition) is 0. The van der Waals surface area contributed by atoms with Gasteiger partial charge in [-0.25, -0.2) is 0 Å². The summed E-state index contributed by atoms with van der Waals surface area (Å²) in [6.45, 7) is 8.33. The van der Waals surface area contributed by atoms with Crippen LogP contribution in [0.2, 0.25) is 0 Å². The summed E-state index contributed by atoms with van der Waals surface area (Å²) in [5.74, 6) is 0.236. The van der Waals surface area contributed by atoms with Gasteiger partial charge in [-0.15, -0.1) is 0 Å². The molecule has 0 N–H and O–H groups in total. The summed E-state index contributed by atoms with van der Waals surface area (Å²) in [4.78, 5) is 22.8. The lowest BCUT2D eigenvalue weighted by Crippen LogP contribution is -2.21. The Morgan fingerprint density at radius 2 is 1.94 bits per heavy atom. The van der Waals surface area contributed by atoms with E-state index in [1.54, 1.807) is 0 Å². The maximum atomic E-state index is 11.5. The van der Waals surface area contributed by atoms with Crippen molar-refractivity contribution in [2.75, 3.05) is 0 Å².